The summed E-state index contributed by atoms with van der Waals surface area (Å²) in [6.45, 7) is 5.58. The van der Waals surface area contributed by atoms with Crippen LogP contribution in [0.5, 0.6) is 0 Å². The monoisotopic (exact) mass is 1350 g/mol. The third-order valence-electron chi connectivity index (χ3n) is 19.3. The van der Waals surface area contributed by atoms with Crippen molar-refractivity contribution in [2.75, 3.05) is 53.4 Å². The number of nitrogens with one attached hydrogen (secondary N) is 4. The fourth-order valence-corrected chi connectivity index (χ4v) is 13.8. The van der Waals surface area contributed by atoms with Gasteiger partial charge in [-0.3, -0.25) is 53.0 Å². The Hall–Kier alpha value is -10.5. The summed E-state index contributed by atoms with van der Waals surface area (Å²) in [5.74, 6) is -3.75. The van der Waals surface area contributed by atoms with Crippen molar-refractivity contribution in [1.82, 2.24) is 65.8 Å². The first-order chi connectivity index (χ1) is 48.5. The van der Waals surface area contributed by atoms with E-state index in [1.807, 2.05) is 153 Å². The summed E-state index contributed by atoms with van der Waals surface area (Å²) in [6, 6.07) is 39.7. The number of fused-ring (bicyclic) bond motifs is 4. The lowest BCUT2D eigenvalue weighted by Gasteiger charge is -2.34. The largest absolute Gasteiger partial charge is 0.354 e. The first-order valence-electron chi connectivity index (χ1n) is 34.9. The Morgan fingerprint density at radius 1 is 0.550 bits per heavy atom. The molecule has 0 aliphatic carbocycles. The minimum atomic E-state index is -1.26. The van der Waals surface area contributed by atoms with E-state index in [4.69, 9.17) is 21.4 Å². The van der Waals surface area contributed by atoms with Crippen LogP contribution < -0.4 is 32.7 Å². The molecular weight excluding hydrogens is 1260 g/mol. The van der Waals surface area contributed by atoms with Crippen molar-refractivity contribution in [2.24, 2.45) is 11.5 Å². The number of hydrogen-bond donors (Lipinski definition) is 6. The normalized spacial score (nSPS) is 15.7. The van der Waals surface area contributed by atoms with Gasteiger partial charge < -0.3 is 52.3 Å². The van der Waals surface area contributed by atoms with Gasteiger partial charge in [-0.05, 0) is 140 Å². The van der Waals surface area contributed by atoms with Gasteiger partial charge in [0, 0.05) is 83.1 Å². The van der Waals surface area contributed by atoms with E-state index in [0.29, 0.717) is 111 Å². The molecule has 9 aromatic rings. The number of nitrogens with zero attached hydrogens (tertiary/aromatic N) is 9. The molecule has 0 spiro atoms. The number of carbonyl (C=O) groups is 8. The Kier molecular flexibility index (Phi) is 23.3. The van der Waals surface area contributed by atoms with E-state index in [1.54, 1.807) is 26.4 Å². The summed E-state index contributed by atoms with van der Waals surface area (Å²) in [5.41, 5.74) is 16.6. The molecule has 6 atom stereocenters. The molecule has 11 rings (SSSR count). The molecule has 0 saturated carbocycles. The summed E-state index contributed by atoms with van der Waals surface area (Å²) in [4.78, 5) is 134. The number of likely N-dealkylation sites (tertiary alicyclic amines) is 2. The van der Waals surface area contributed by atoms with Gasteiger partial charge in [-0.15, -0.1) is 5.10 Å². The van der Waals surface area contributed by atoms with Crippen molar-refractivity contribution < 1.29 is 38.4 Å². The molecule has 6 aromatic carbocycles. The van der Waals surface area contributed by atoms with Crippen molar-refractivity contribution >= 4 is 90.6 Å². The molecule has 100 heavy (non-hydrogen) atoms. The van der Waals surface area contributed by atoms with E-state index in [9.17, 15) is 24.0 Å². The number of likely N-dealkylation sites (N-methyl/N-ethyl adjacent to an activating group) is 2. The zero-order valence-corrected chi connectivity index (χ0v) is 57.3. The molecule has 23 nitrogen and oxygen atoms in total. The van der Waals surface area contributed by atoms with Crippen LogP contribution in [0.4, 0.5) is 0 Å². The second kappa shape index (κ2) is 32.9. The van der Waals surface area contributed by atoms with Crippen LogP contribution in [0, 0.1) is 0 Å². The van der Waals surface area contributed by atoms with Crippen LogP contribution in [0.2, 0.25) is 0 Å². The lowest BCUT2D eigenvalue weighted by molar-refractivity contribution is -0.147. The Labute approximate surface area is 581 Å². The number of pyridine rings is 2. The molecule has 3 aromatic heterocycles. The van der Waals surface area contributed by atoms with Crippen LogP contribution in [0.15, 0.2) is 152 Å². The number of aromatic nitrogens is 5. The number of aryl methyl sites for hydroxylation is 3. The van der Waals surface area contributed by atoms with Crippen LogP contribution in [0.25, 0.3) is 43.4 Å². The molecule has 2 fully saturated rings. The average Bonchev–Trinajstić information content (AvgIpc) is 0.979. The van der Waals surface area contributed by atoms with E-state index in [1.165, 1.54) is 24.3 Å². The topological polar surface area (TPSA) is 306 Å². The average molecular weight is 1350 g/mol. The fraction of sp³-hybridized carbons (Fsp3) is 0.377. The van der Waals surface area contributed by atoms with Gasteiger partial charge in [-0.25, -0.2) is 0 Å². The number of amides is 8. The summed E-state index contributed by atoms with van der Waals surface area (Å²) in [7, 11) is 3.13. The SMILES string of the molecule is CCc1nc2cc3ccccc3cc2cc1C(=O)N[C@@H](CCn1cc(C[C@@H](C(=O)N2CCC[C@H]2C(=O)N[C@@H](Cc2ccccc2)C(=O)NCCCN)N(C)C(=O)c2cc3cc4ccccc4cc3nc2CC)nn1)C(=O)N1CCC[C@H]1C(=O)N(C)[C@@H](Cc1ccccc1)C(=O)NCCCN. The number of nitrogens with two attached hydrogens (primary N) is 2. The van der Waals surface area contributed by atoms with Crippen molar-refractivity contribution in [3.63, 3.8) is 0 Å². The van der Waals surface area contributed by atoms with Crippen LogP contribution in [0.3, 0.4) is 0 Å². The van der Waals surface area contributed by atoms with Crippen LogP contribution in [-0.4, -0.2) is 181 Å². The Morgan fingerprint density at radius 2 is 1.07 bits per heavy atom. The maximum absolute atomic E-state index is 15.6. The second-order valence-electron chi connectivity index (χ2n) is 26.0. The molecule has 520 valence electrons. The molecule has 0 radical (unpaired) electrons. The molecule has 2 aliphatic rings. The van der Waals surface area contributed by atoms with E-state index < -0.39 is 71.7 Å². The highest BCUT2D eigenvalue weighted by Gasteiger charge is 2.44. The summed E-state index contributed by atoms with van der Waals surface area (Å²) >= 11 is 0. The standard InChI is InChI=1S/C77H89N15O8/c1-5-60-58(43-55-41-51-25-13-15-27-53(51)45-63(55)82-60)70(93)84-62(75(98)92-37-18-30-67(92)76(99)88(3)68(72(95)81-35-20-33-79)40-50-23-11-8-12-24-50)31-38-90-48-57(86-87-90)47-69(89(4)74(97)59-44-56-42-52-26-14-16-28-54(52)46-64(56)83-61(59)6-2)77(100)91-36-17-29-66(91)73(96)85-65(71(94)80-34-19-32-78)39-49-21-9-7-10-22-49/h7-16,21-28,41-46,48,62,65-69H,5-6,17-20,29-40,47,78-79H2,1-4H3,(H,80,94)(H,81,95)(H,84,93)(H,85,96)/t62-,65-,66-,67-,68-,69-/m0/s1. The van der Waals surface area contributed by atoms with Crippen LogP contribution >= 0.6 is 0 Å². The highest BCUT2D eigenvalue weighted by atomic mass is 16.2. The van der Waals surface area contributed by atoms with E-state index in [2.05, 4.69) is 31.6 Å². The van der Waals surface area contributed by atoms with Crippen molar-refractivity contribution in [1.29, 1.82) is 0 Å². The van der Waals surface area contributed by atoms with Gasteiger partial charge in [0.15, 0.2) is 0 Å². The minimum absolute atomic E-state index is 0.00373. The minimum Gasteiger partial charge on any atom is -0.354 e. The first kappa shape index (κ1) is 70.8. The number of rotatable bonds is 29. The number of benzene rings is 6. The lowest BCUT2D eigenvalue weighted by atomic mass is 10.0. The van der Waals surface area contributed by atoms with Crippen LogP contribution in [0.1, 0.15) is 108 Å². The molecule has 8 amide bonds. The van der Waals surface area contributed by atoms with Gasteiger partial charge in [-0.2, -0.15) is 0 Å². The summed E-state index contributed by atoms with van der Waals surface area (Å²) in [5, 5.41) is 26.3. The van der Waals surface area contributed by atoms with Crippen molar-refractivity contribution in [3.05, 3.63) is 191 Å². The maximum atomic E-state index is 15.6. The summed E-state index contributed by atoms with van der Waals surface area (Å²) < 4.78 is 1.51. The highest BCUT2D eigenvalue weighted by Crippen LogP contribution is 2.30. The smallest absolute Gasteiger partial charge is 0.256 e. The highest BCUT2D eigenvalue weighted by molar-refractivity contribution is 6.06. The molecular formula is C77H89N15O8. The molecule has 0 bridgehead atoms. The Morgan fingerprint density at radius 3 is 1.65 bits per heavy atom. The lowest BCUT2D eigenvalue weighted by Crippen LogP contribution is -2.57. The van der Waals surface area contributed by atoms with Crippen molar-refractivity contribution in [3.8, 4) is 0 Å². The first-order valence-corrected chi connectivity index (χ1v) is 34.9. The Bertz CT molecular complexity index is 4450. The van der Waals surface area contributed by atoms with Gasteiger partial charge in [-0.1, -0.05) is 128 Å². The summed E-state index contributed by atoms with van der Waals surface area (Å²) in [6.07, 6.45) is 5.27. The van der Waals surface area contributed by atoms with Gasteiger partial charge in [0.2, 0.25) is 35.4 Å². The molecule has 8 N–H and O–H groups in total. The third-order valence-corrected chi connectivity index (χ3v) is 19.3. The van der Waals surface area contributed by atoms with E-state index >= 15 is 14.4 Å². The van der Waals surface area contributed by atoms with Gasteiger partial charge in [0.05, 0.1) is 39.2 Å². The van der Waals surface area contributed by atoms with Gasteiger partial charge >= 0.3 is 0 Å². The molecule has 2 saturated heterocycles. The molecule has 23 heteroatoms. The number of carbonyl (C=O) groups excluding carboxylic acids is 8. The fourth-order valence-electron chi connectivity index (χ4n) is 13.8. The predicted molar refractivity (Wildman–Crippen MR) is 384 cm³/mol. The number of hydrogen-bond acceptors (Lipinski definition) is 14. The van der Waals surface area contributed by atoms with Crippen LogP contribution in [-0.2, 0) is 67.4 Å². The molecule has 5 heterocycles. The maximum Gasteiger partial charge on any atom is 0.256 e. The zero-order valence-electron chi connectivity index (χ0n) is 57.3. The van der Waals surface area contributed by atoms with Gasteiger partial charge in [0.25, 0.3) is 11.8 Å². The molecule has 0 unspecified atom stereocenters. The van der Waals surface area contributed by atoms with E-state index in [-0.39, 0.29) is 62.7 Å². The Balaban J connectivity index is 0.893. The third kappa shape index (κ3) is 16.4. The predicted octanol–water partition coefficient (Wildman–Crippen LogP) is 6.39. The van der Waals surface area contributed by atoms with Gasteiger partial charge in [0.1, 0.15) is 36.3 Å². The second-order valence-corrected chi connectivity index (χ2v) is 26.0. The molecule has 2 aliphatic heterocycles. The van der Waals surface area contributed by atoms with E-state index in [0.717, 1.165) is 43.4 Å². The zero-order chi connectivity index (χ0) is 70.4. The quantitative estimate of drug-likeness (QED) is 0.0219. The van der Waals surface area contributed by atoms with Crippen molar-refractivity contribution in [2.45, 2.75) is 134 Å².